The Labute approximate surface area is 151 Å². The average Bonchev–Trinajstić information content (AvgIpc) is 2.86. The Morgan fingerprint density at radius 1 is 1.08 bits per heavy atom. The summed E-state index contributed by atoms with van der Waals surface area (Å²) < 4.78 is 10.4. The van der Waals surface area contributed by atoms with Gasteiger partial charge in [-0.2, -0.15) is 0 Å². The predicted molar refractivity (Wildman–Crippen MR) is 98.5 cm³/mol. The average molecular weight is 345 g/mol. The van der Waals surface area contributed by atoms with Crippen LogP contribution in [0, 0.1) is 5.92 Å². The van der Waals surface area contributed by atoms with E-state index in [-0.39, 0.29) is 5.92 Å². The molecule has 2 unspecified atom stereocenters. The van der Waals surface area contributed by atoms with Crippen molar-refractivity contribution in [3.8, 4) is 0 Å². The maximum atomic E-state index is 12.6. The van der Waals surface area contributed by atoms with Crippen molar-refractivity contribution >= 4 is 5.78 Å². The summed E-state index contributed by atoms with van der Waals surface area (Å²) in [4.78, 5) is 15.2. The fourth-order valence-electron chi connectivity index (χ4n) is 4.39. The molecule has 0 spiro atoms. The molecule has 2 atom stereocenters. The Hall–Kier alpha value is -1.23. The van der Waals surface area contributed by atoms with Crippen molar-refractivity contribution in [1.29, 1.82) is 0 Å². The number of carbonyl (C=O) groups is 1. The number of piperidine rings is 1. The van der Waals surface area contributed by atoms with Crippen molar-refractivity contribution in [3.05, 3.63) is 35.9 Å². The van der Waals surface area contributed by atoms with Gasteiger partial charge in [0.1, 0.15) is 5.78 Å². The molecule has 1 aromatic carbocycles. The van der Waals surface area contributed by atoms with Crippen LogP contribution in [0.4, 0.5) is 0 Å². The molecule has 2 bridgehead atoms. The molecule has 0 radical (unpaired) electrons. The van der Waals surface area contributed by atoms with Crippen LogP contribution in [0.15, 0.2) is 30.3 Å². The zero-order valence-corrected chi connectivity index (χ0v) is 15.4. The van der Waals surface area contributed by atoms with Crippen LogP contribution in [-0.4, -0.2) is 49.7 Å². The maximum Gasteiger partial charge on any atom is 0.136 e. The fraction of sp³-hybridized carbons (Fsp3) is 0.667. The molecule has 25 heavy (non-hydrogen) atoms. The van der Waals surface area contributed by atoms with E-state index in [9.17, 15) is 4.79 Å². The Balaban J connectivity index is 1.42. The van der Waals surface area contributed by atoms with Gasteiger partial charge in [0, 0.05) is 44.7 Å². The Morgan fingerprint density at radius 3 is 2.48 bits per heavy atom. The highest BCUT2D eigenvalue weighted by Crippen LogP contribution is 2.40. The summed E-state index contributed by atoms with van der Waals surface area (Å²) in [6.45, 7) is 2.93. The highest BCUT2D eigenvalue weighted by molar-refractivity contribution is 5.81. The van der Waals surface area contributed by atoms with Crippen molar-refractivity contribution in [2.45, 2.75) is 57.2 Å². The SMILES string of the molecule is COCCOCCCC(=O)C1CC2CCC(C1)N2Cc1ccccc1. The van der Waals surface area contributed by atoms with Gasteiger partial charge in [0.05, 0.1) is 13.2 Å². The number of carbonyl (C=O) groups excluding carboxylic acids is 1. The molecule has 0 aliphatic carbocycles. The molecule has 2 aliphatic heterocycles. The number of fused-ring (bicyclic) bond motifs is 2. The van der Waals surface area contributed by atoms with Crippen LogP contribution in [0.2, 0.25) is 0 Å². The molecule has 0 amide bonds. The van der Waals surface area contributed by atoms with Crippen LogP contribution in [0.3, 0.4) is 0 Å². The van der Waals surface area contributed by atoms with Crippen LogP contribution in [-0.2, 0) is 20.8 Å². The number of nitrogens with zero attached hydrogens (tertiary/aromatic N) is 1. The highest BCUT2D eigenvalue weighted by Gasteiger charge is 2.42. The zero-order chi connectivity index (χ0) is 17.5. The van der Waals surface area contributed by atoms with Gasteiger partial charge in [0.15, 0.2) is 0 Å². The van der Waals surface area contributed by atoms with Crippen LogP contribution < -0.4 is 0 Å². The van der Waals surface area contributed by atoms with Crippen LogP contribution in [0.1, 0.15) is 44.1 Å². The van der Waals surface area contributed by atoms with Gasteiger partial charge in [-0.15, -0.1) is 0 Å². The van der Waals surface area contributed by atoms with Crippen LogP contribution in [0.25, 0.3) is 0 Å². The molecule has 0 aromatic heterocycles. The lowest BCUT2D eigenvalue weighted by Crippen LogP contribution is -2.44. The largest absolute Gasteiger partial charge is 0.382 e. The van der Waals surface area contributed by atoms with Crippen LogP contribution >= 0.6 is 0 Å². The summed E-state index contributed by atoms with van der Waals surface area (Å²) in [5.74, 6) is 0.718. The van der Waals surface area contributed by atoms with Crippen molar-refractivity contribution in [3.63, 3.8) is 0 Å². The second-order valence-corrected chi connectivity index (χ2v) is 7.39. The monoisotopic (exact) mass is 345 g/mol. The molecule has 4 nitrogen and oxygen atoms in total. The lowest BCUT2D eigenvalue weighted by molar-refractivity contribution is -0.125. The molecule has 138 valence electrons. The molecule has 2 fully saturated rings. The van der Waals surface area contributed by atoms with E-state index < -0.39 is 0 Å². The van der Waals surface area contributed by atoms with E-state index in [4.69, 9.17) is 9.47 Å². The van der Waals surface area contributed by atoms with Gasteiger partial charge in [0.2, 0.25) is 0 Å². The maximum absolute atomic E-state index is 12.6. The summed E-state index contributed by atoms with van der Waals surface area (Å²) in [6.07, 6.45) is 6.10. The summed E-state index contributed by atoms with van der Waals surface area (Å²) >= 11 is 0. The molecule has 0 N–H and O–H groups in total. The predicted octanol–water partition coefficient (Wildman–Crippen LogP) is 3.44. The Kier molecular flexibility index (Phi) is 7.02. The first-order valence-electron chi connectivity index (χ1n) is 9.67. The first-order valence-corrected chi connectivity index (χ1v) is 9.67. The van der Waals surface area contributed by atoms with Gasteiger partial charge >= 0.3 is 0 Å². The van der Waals surface area contributed by atoms with Crippen molar-refractivity contribution in [2.24, 2.45) is 5.92 Å². The molecule has 1 aromatic rings. The molecule has 4 heteroatoms. The quantitative estimate of drug-likeness (QED) is 0.609. The minimum atomic E-state index is 0.267. The van der Waals surface area contributed by atoms with E-state index in [1.165, 1.54) is 18.4 Å². The number of Topliss-reactive ketones (excluding diaryl/α,β-unsaturated/α-hetero) is 1. The smallest absolute Gasteiger partial charge is 0.136 e. The van der Waals surface area contributed by atoms with Gasteiger partial charge < -0.3 is 9.47 Å². The number of rotatable bonds is 10. The third kappa shape index (κ3) is 5.13. The molecular formula is C21H31NO3. The Morgan fingerprint density at radius 2 is 1.80 bits per heavy atom. The van der Waals surface area contributed by atoms with Crippen molar-refractivity contribution in [2.75, 3.05) is 26.9 Å². The molecule has 2 aliphatic rings. The van der Waals surface area contributed by atoms with E-state index in [1.807, 2.05) is 0 Å². The third-order valence-corrected chi connectivity index (χ3v) is 5.69. The summed E-state index contributed by atoms with van der Waals surface area (Å²) in [7, 11) is 1.67. The number of ether oxygens (including phenoxy) is 2. The normalized spacial score (nSPS) is 26.0. The molecule has 2 saturated heterocycles. The summed E-state index contributed by atoms with van der Waals surface area (Å²) in [5.41, 5.74) is 1.39. The number of ketones is 1. The number of methoxy groups -OCH3 is 1. The van der Waals surface area contributed by atoms with Crippen molar-refractivity contribution in [1.82, 2.24) is 4.90 Å². The summed E-state index contributed by atoms with van der Waals surface area (Å²) in [6, 6.07) is 11.9. The second kappa shape index (κ2) is 9.46. The van der Waals surface area contributed by atoms with Gasteiger partial charge in [-0.3, -0.25) is 9.69 Å². The van der Waals surface area contributed by atoms with E-state index in [1.54, 1.807) is 7.11 Å². The van der Waals surface area contributed by atoms with Gasteiger partial charge in [-0.1, -0.05) is 30.3 Å². The van der Waals surface area contributed by atoms with E-state index >= 15 is 0 Å². The molecule has 3 rings (SSSR count). The topological polar surface area (TPSA) is 38.8 Å². The third-order valence-electron chi connectivity index (χ3n) is 5.69. The van der Waals surface area contributed by atoms with E-state index in [0.717, 1.165) is 25.8 Å². The lowest BCUT2D eigenvalue weighted by atomic mass is 9.85. The minimum absolute atomic E-state index is 0.267. The van der Waals surface area contributed by atoms with Crippen molar-refractivity contribution < 1.29 is 14.3 Å². The standard InChI is InChI=1S/C21H31NO3/c1-24-12-13-25-11-5-8-21(23)18-14-19-9-10-20(15-18)22(19)16-17-6-3-2-4-7-17/h2-4,6-7,18-20H,5,8-16H2,1H3. The van der Waals surface area contributed by atoms with E-state index in [2.05, 4.69) is 35.2 Å². The van der Waals surface area contributed by atoms with E-state index in [0.29, 0.717) is 44.1 Å². The molecular weight excluding hydrogens is 314 g/mol. The minimum Gasteiger partial charge on any atom is -0.382 e. The highest BCUT2D eigenvalue weighted by atomic mass is 16.5. The fourth-order valence-corrected chi connectivity index (χ4v) is 4.39. The molecule has 2 heterocycles. The van der Waals surface area contributed by atoms with Gasteiger partial charge in [-0.25, -0.2) is 0 Å². The first-order chi connectivity index (χ1) is 12.3. The Bertz CT molecular complexity index is 519. The first kappa shape index (κ1) is 18.6. The number of hydrogen-bond acceptors (Lipinski definition) is 4. The second-order valence-electron chi connectivity index (χ2n) is 7.39. The van der Waals surface area contributed by atoms with Crippen LogP contribution in [0.5, 0.6) is 0 Å². The molecule has 0 saturated carbocycles. The summed E-state index contributed by atoms with van der Waals surface area (Å²) in [5, 5.41) is 0. The zero-order valence-electron chi connectivity index (χ0n) is 15.4. The van der Waals surface area contributed by atoms with Gasteiger partial charge in [0.25, 0.3) is 0 Å². The van der Waals surface area contributed by atoms with Gasteiger partial charge in [-0.05, 0) is 37.7 Å². The number of benzene rings is 1. The lowest BCUT2D eigenvalue weighted by Gasteiger charge is -2.38. The number of hydrogen-bond donors (Lipinski definition) is 0.